The molecule has 0 heterocycles. The van der Waals surface area contributed by atoms with Crippen molar-refractivity contribution in [2.45, 2.75) is 38.1 Å². The Bertz CT molecular complexity index is 518. The number of aliphatic hydroxyl groups is 1. The van der Waals surface area contributed by atoms with E-state index in [0.717, 1.165) is 12.1 Å². The molecule has 0 aliphatic heterocycles. The van der Waals surface area contributed by atoms with Crippen LogP contribution in [-0.4, -0.2) is 48.3 Å². The second-order valence-corrected chi connectivity index (χ2v) is 5.78. The van der Waals surface area contributed by atoms with Crippen LogP contribution in [0, 0.1) is 0 Å². The summed E-state index contributed by atoms with van der Waals surface area (Å²) in [6.07, 6.45) is -4.50. The first-order valence-electron chi connectivity index (χ1n) is 7.57. The third-order valence-electron chi connectivity index (χ3n) is 3.35. The van der Waals surface area contributed by atoms with Crippen LogP contribution >= 0.6 is 0 Å². The van der Waals surface area contributed by atoms with Crippen LogP contribution in [0.15, 0.2) is 24.3 Å². The smallest absolute Gasteiger partial charge is 0.416 e. The summed E-state index contributed by atoms with van der Waals surface area (Å²) in [5, 5.41) is 9.87. The molecule has 1 aromatic carbocycles. The zero-order chi connectivity index (χ0) is 18.3. The van der Waals surface area contributed by atoms with Crippen molar-refractivity contribution in [2.75, 3.05) is 20.2 Å². The van der Waals surface area contributed by atoms with Crippen molar-refractivity contribution in [2.24, 2.45) is 5.73 Å². The van der Waals surface area contributed by atoms with Gasteiger partial charge in [-0.05, 0) is 37.6 Å². The average molecular weight is 348 g/mol. The molecule has 1 amide bonds. The van der Waals surface area contributed by atoms with Gasteiger partial charge in [-0.3, -0.25) is 4.79 Å². The molecule has 0 saturated carbocycles. The van der Waals surface area contributed by atoms with E-state index in [1.807, 2.05) is 0 Å². The fourth-order valence-electron chi connectivity index (χ4n) is 1.95. The third kappa shape index (κ3) is 7.18. The number of amides is 1. The molecular formula is C16H23F3N2O3. The molecular weight excluding hydrogens is 325 g/mol. The molecule has 0 radical (unpaired) electrons. The van der Waals surface area contributed by atoms with Crippen LogP contribution in [-0.2, 0) is 11.0 Å². The lowest BCUT2D eigenvalue weighted by atomic mass is 10.2. The summed E-state index contributed by atoms with van der Waals surface area (Å²) < 4.78 is 42.6. The molecule has 0 saturated heterocycles. The molecule has 24 heavy (non-hydrogen) atoms. The number of hydrogen-bond acceptors (Lipinski definition) is 4. The number of alkyl halides is 3. The molecule has 0 aliphatic rings. The van der Waals surface area contributed by atoms with Crippen molar-refractivity contribution < 1.29 is 27.8 Å². The molecule has 2 unspecified atom stereocenters. The lowest BCUT2D eigenvalue weighted by molar-refractivity contribution is -0.137. The van der Waals surface area contributed by atoms with Crippen molar-refractivity contribution in [3.63, 3.8) is 0 Å². The van der Waals surface area contributed by atoms with E-state index in [1.54, 1.807) is 14.0 Å². The van der Waals surface area contributed by atoms with Gasteiger partial charge in [-0.1, -0.05) is 0 Å². The Morgan fingerprint density at radius 3 is 2.42 bits per heavy atom. The van der Waals surface area contributed by atoms with Gasteiger partial charge in [0.25, 0.3) is 0 Å². The zero-order valence-corrected chi connectivity index (χ0v) is 13.7. The number of nitrogens with zero attached hydrogens (tertiary/aromatic N) is 1. The molecule has 0 spiro atoms. The van der Waals surface area contributed by atoms with Crippen LogP contribution in [0.5, 0.6) is 5.75 Å². The summed E-state index contributed by atoms with van der Waals surface area (Å²) in [7, 11) is 1.56. The predicted octanol–water partition coefficient (Wildman–Crippen LogP) is 2.03. The topological polar surface area (TPSA) is 75.8 Å². The quantitative estimate of drug-likeness (QED) is 0.754. The first-order chi connectivity index (χ1) is 11.1. The average Bonchev–Trinajstić information content (AvgIpc) is 2.50. The van der Waals surface area contributed by atoms with Crippen LogP contribution in [0.3, 0.4) is 0 Å². The summed E-state index contributed by atoms with van der Waals surface area (Å²) in [5.74, 6) is 0.0777. The second kappa shape index (κ2) is 8.89. The first-order valence-corrected chi connectivity index (χ1v) is 7.57. The number of aliphatic hydroxyl groups excluding tert-OH is 1. The number of likely N-dealkylation sites (N-methyl/N-ethyl adjacent to an activating group) is 1. The number of rotatable bonds is 8. The standard InChI is InChI=1S/C16H23F3N2O3/c1-11(20)3-8-15(23)21(2)9-13(22)10-24-14-6-4-12(5-7-14)16(17,18)19/h4-7,11,13,22H,3,8-10,20H2,1-2H3. The fourth-order valence-corrected chi connectivity index (χ4v) is 1.95. The predicted molar refractivity (Wildman–Crippen MR) is 83.5 cm³/mol. The van der Waals surface area contributed by atoms with Gasteiger partial charge in [0.05, 0.1) is 5.56 Å². The molecule has 5 nitrogen and oxygen atoms in total. The molecule has 1 rings (SSSR count). The van der Waals surface area contributed by atoms with E-state index in [-0.39, 0.29) is 30.9 Å². The van der Waals surface area contributed by atoms with Gasteiger partial charge in [-0.2, -0.15) is 13.2 Å². The highest BCUT2D eigenvalue weighted by molar-refractivity contribution is 5.75. The van der Waals surface area contributed by atoms with Crippen LogP contribution < -0.4 is 10.5 Å². The Kier molecular flexibility index (Phi) is 7.50. The summed E-state index contributed by atoms with van der Waals surface area (Å²) in [5.41, 5.74) is 4.81. The Balaban J connectivity index is 2.40. The Morgan fingerprint density at radius 1 is 1.33 bits per heavy atom. The van der Waals surface area contributed by atoms with Gasteiger partial charge in [0.2, 0.25) is 5.91 Å². The molecule has 2 atom stereocenters. The molecule has 8 heteroatoms. The van der Waals surface area contributed by atoms with E-state index in [1.165, 1.54) is 17.0 Å². The van der Waals surface area contributed by atoms with E-state index in [2.05, 4.69) is 0 Å². The van der Waals surface area contributed by atoms with E-state index in [4.69, 9.17) is 10.5 Å². The normalized spacial score (nSPS) is 14.1. The largest absolute Gasteiger partial charge is 0.491 e. The van der Waals surface area contributed by atoms with Crippen LogP contribution in [0.2, 0.25) is 0 Å². The molecule has 0 aromatic heterocycles. The van der Waals surface area contributed by atoms with E-state index >= 15 is 0 Å². The number of carbonyl (C=O) groups excluding carboxylic acids is 1. The fraction of sp³-hybridized carbons (Fsp3) is 0.562. The summed E-state index contributed by atoms with van der Waals surface area (Å²) in [6.45, 7) is 1.74. The first kappa shape index (κ1) is 20.2. The van der Waals surface area contributed by atoms with Crippen molar-refractivity contribution in [3.8, 4) is 5.75 Å². The molecule has 3 N–H and O–H groups in total. The van der Waals surface area contributed by atoms with Crippen LogP contribution in [0.25, 0.3) is 0 Å². The van der Waals surface area contributed by atoms with Crippen molar-refractivity contribution >= 4 is 5.91 Å². The molecule has 0 fully saturated rings. The van der Waals surface area contributed by atoms with Gasteiger partial charge in [-0.15, -0.1) is 0 Å². The van der Waals surface area contributed by atoms with Crippen LogP contribution in [0.4, 0.5) is 13.2 Å². The minimum atomic E-state index is -4.40. The SMILES string of the molecule is CC(N)CCC(=O)N(C)CC(O)COc1ccc(C(F)(F)F)cc1. The maximum atomic E-state index is 12.4. The summed E-state index contributed by atoms with van der Waals surface area (Å²) in [6, 6.07) is 4.12. The number of halogens is 3. The highest BCUT2D eigenvalue weighted by Gasteiger charge is 2.30. The molecule has 0 aliphatic carbocycles. The minimum absolute atomic E-state index is 0.0679. The molecule has 0 bridgehead atoms. The van der Waals surface area contributed by atoms with Crippen LogP contribution in [0.1, 0.15) is 25.3 Å². The molecule has 136 valence electrons. The van der Waals surface area contributed by atoms with E-state index < -0.39 is 17.8 Å². The van der Waals surface area contributed by atoms with Crippen molar-refractivity contribution in [3.05, 3.63) is 29.8 Å². The number of nitrogens with two attached hydrogens (primary N) is 1. The highest BCUT2D eigenvalue weighted by Crippen LogP contribution is 2.30. The maximum Gasteiger partial charge on any atom is 0.416 e. The zero-order valence-electron chi connectivity index (χ0n) is 13.7. The minimum Gasteiger partial charge on any atom is -0.491 e. The maximum absolute atomic E-state index is 12.4. The Hall–Kier alpha value is -1.80. The van der Waals surface area contributed by atoms with Gasteiger partial charge in [0.1, 0.15) is 18.5 Å². The highest BCUT2D eigenvalue weighted by atomic mass is 19.4. The second-order valence-electron chi connectivity index (χ2n) is 5.78. The van der Waals surface area contributed by atoms with Gasteiger partial charge >= 0.3 is 6.18 Å². The van der Waals surface area contributed by atoms with Gasteiger partial charge in [0, 0.05) is 26.1 Å². The van der Waals surface area contributed by atoms with E-state index in [0.29, 0.717) is 12.8 Å². The van der Waals surface area contributed by atoms with Crippen molar-refractivity contribution in [1.82, 2.24) is 4.90 Å². The Morgan fingerprint density at radius 2 is 1.92 bits per heavy atom. The number of ether oxygens (including phenoxy) is 1. The monoisotopic (exact) mass is 348 g/mol. The summed E-state index contributed by atoms with van der Waals surface area (Å²) >= 11 is 0. The number of benzene rings is 1. The third-order valence-corrected chi connectivity index (χ3v) is 3.35. The van der Waals surface area contributed by atoms with Gasteiger partial charge in [0.15, 0.2) is 0 Å². The lowest BCUT2D eigenvalue weighted by Crippen LogP contribution is -2.37. The number of carbonyl (C=O) groups is 1. The lowest BCUT2D eigenvalue weighted by Gasteiger charge is -2.21. The van der Waals surface area contributed by atoms with Gasteiger partial charge in [-0.25, -0.2) is 0 Å². The molecule has 1 aromatic rings. The number of hydrogen-bond donors (Lipinski definition) is 2. The van der Waals surface area contributed by atoms with Crippen molar-refractivity contribution in [1.29, 1.82) is 0 Å². The van der Waals surface area contributed by atoms with Gasteiger partial charge < -0.3 is 20.5 Å². The van der Waals surface area contributed by atoms with E-state index in [9.17, 15) is 23.1 Å². The summed E-state index contributed by atoms with van der Waals surface area (Å²) in [4.78, 5) is 13.2. The Labute approximate surface area is 139 Å².